The molecule has 30 heavy (non-hydrogen) atoms. The van der Waals surface area contributed by atoms with Gasteiger partial charge in [-0.05, 0) is 52.0 Å². The van der Waals surface area contributed by atoms with Crippen LogP contribution in [-0.4, -0.2) is 36.5 Å². The molecule has 7 heteroatoms. The normalized spacial score (nSPS) is 14.0. The summed E-state index contributed by atoms with van der Waals surface area (Å²) in [6.07, 6.45) is 0.371. The summed E-state index contributed by atoms with van der Waals surface area (Å²) < 4.78 is 14.6. The molecule has 0 fully saturated rings. The first-order valence-electron chi connectivity index (χ1n) is 10.4. The van der Waals surface area contributed by atoms with Gasteiger partial charge in [-0.15, -0.1) is 0 Å². The van der Waals surface area contributed by atoms with Crippen molar-refractivity contribution in [2.24, 2.45) is 0 Å². The van der Waals surface area contributed by atoms with Gasteiger partial charge in [0.25, 0.3) is 8.53 Å². The van der Waals surface area contributed by atoms with E-state index in [2.05, 4.69) is 91.9 Å². The second kappa shape index (κ2) is 11.1. The van der Waals surface area contributed by atoms with Gasteiger partial charge < -0.3 is 13.9 Å². The number of fused-ring (bicyclic) bond motifs is 2. The summed E-state index contributed by atoms with van der Waals surface area (Å²) in [5.41, 5.74) is 2.42. The SMILES string of the molecule is CC(C)N(C(C)C)P(OCCC#N)OCCN1c2ccccc2Sc2ccccc21. The zero-order valence-electron chi connectivity index (χ0n) is 18.1. The predicted molar refractivity (Wildman–Crippen MR) is 125 cm³/mol. The zero-order chi connectivity index (χ0) is 21.5. The molecule has 3 rings (SSSR count). The maximum atomic E-state index is 8.88. The fourth-order valence-electron chi connectivity index (χ4n) is 3.55. The Morgan fingerprint density at radius 1 is 0.933 bits per heavy atom. The third-order valence-electron chi connectivity index (χ3n) is 4.71. The second-order valence-electron chi connectivity index (χ2n) is 7.57. The van der Waals surface area contributed by atoms with Crippen molar-refractivity contribution in [3.63, 3.8) is 0 Å². The van der Waals surface area contributed by atoms with Gasteiger partial charge in [-0.1, -0.05) is 36.0 Å². The van der Waals surface area contributed by atoms with Gasteiger partial charge in [0.1, 0.15) is 0 Å². The first kappa shape index (κ1) is 23.1. The van der Waals surface area contributed by atoms with Crippen LogP contribution < -0.4 is 4.90 Å². The Balaban J connectivity index is 1.74. The van der Waals surface area contributed by atoms with Crippen LogP contribution in [0.5, 0.6) is 0 Å². The van der Waals surface area contributed by atoms with Gasteiger partial charge in [0.05, 0.1) is 37.1 Å². The van der Waals surface area contributed by atoms with Crippen molar-refractivity contribution in [2.75, 3.05) is 24.7 Å². The smallest absolute Gasteiger partial charge is 0.259 e. The van der Waals surface area contributed by atoms with E-state index in [0.29, 0.717) is 31.7 Å². The molecule has 0 saturated carbocycles. The molecule has 0 spiro atoms. The molecule has 0 N–H and O–H groups in total. The first-order chi connectivity index (χ1) is 14.5. The van der Waals surface area contributed by atoms with Gasteiger partial charge in [-0.25, -0.2) is 4.67 Å². The first-order valence-corrected chi connectivity index (χ1v) is 12.3. The van der Waals surface area contributed by atoms with Gasteiger partial charge in [-0.3, -0.25) is 0 Å². The molecular weight excluding hydrogens is 413 g/mol. The molecule has 1 atom stereocenters. The van der Waals surface area contributed by atoms with Crippen LogP contribution >= 0.6 is 20.3 Å². The van der Waals surface area contributed by atoms with E-state index < -0.39 is 8.53 Å². The van der Waals surface area contributed by atoms with E-state index in [1.807, 2.05) is 11.8 Å². The van der Waals surface area contributed by atoms with Crippen LogP contribution in [0.1, 0.15) is 34.1 Å². The Kier molecular flexibility index (Phi) is 8.56. The number of rotatable bonds is 10. The van der Waals surface area contributed by atoms with E-state index in [1.165, 1.54) is 21.2 Å². The van der Waals surface area contributed by atoms with E-state index in [1.54, 1.807) is 0 Å². The summed E-state index contributed by atoms with van der Waals surface area (Å²) in [6.45, 7) is 10.3. The van der Waals surface area contributed by atoms with Crippen LogP contribution in [0.4, 0.5) is 11.4 Å². The maximum absolute atomic E-state index is 8.88. The minimum atomic E-state index is -1.23. The number of anilines is 2. The van der Waals surface area contributed by atoms with Crippen molar-refractivity contribution < 1.29 is 9.05 Å². The van der Waals surface area contributed by atoms with Crippen molar-refractivity contribution >= 4 is 31.7 Å². The van der Waals surface area contributed by atoms with Gasteiger partial charge in [0.2, 0.25) is 0 Å². The van der Waals surface area contributed by atoms with Crippen molar-refractivity contribution in [3.8, 4) is 6.07 Å². The Morgan fingerprint density at radius 3 is 2.00 bits per heavy atom. The number of benzene rings is 2. The topological polar surface area (TPSA) is 48.7 Å². The molecule has 0 bridgehead atoms. The number of nitrogens with zero attached hydrogens (tertiary/aromatic N) is 3. The molecular formula is C23H30N3O2PS. The van der Waals surface area contributed by atoms with Crippen molar-refractivity contribution in [3.05, 3.63) is 48.5 Å². The Bertz CT molecular complexity index is 818. The molecule has 5 nitrogen and oxygen atoms in total. The summed E-state index contributed by atoms with van der Waals surface area (Å²) in [6, 6.07) is 19.7. The van der Waals surface area contributed by atoms with E-state index in [0.717, 1.165) is 6.54 Å². The van der Waals surface area contributed by atoms with Crippen molar-refractivity contribution in [1.82, 2.24) is 4.67 Å². The van der Waals surface area contributed by atoms with Gasteiger partial charge in [0.15, 0.2) is 0 Å². The Hall–Kier alpha value is -1.61. The molecule has 0 amide bonds. The third kappa shape index (κ3) is 5.55. The number of hydrogen-bond acceptors (Lipinski definition) is 6. The molecule has 160 valence electrons. The molecule has 0 aromatic heterocycles. The summed E-state index contributed by atoms with van der Waals surface area (Å²) >= 11 is 1.81. The summed E-state index contributed by atoms with van der Waals surface area (Å²) in [7, 11) is -1.23. The fraction of sp³-hybridized carbons (Fsp3) is 0.435. The molecule has 0 aliphatic carbocycles. The molecule has 1 unspecified atom stereocenters. The lowest BCUT2D eigenvalue weighted by Gasteiger charge is -2.37. The van der Waals surface area contributed by atoms with Gasteiger partial charge in [0, 0.05) is 28.4 Å². The maximum Gasteiger partial charge on any atom is 0.259 e. The largest absolute Gasteiger partial charge is 0.337 e. The van der Waals surface area contributed by atoms with Crippen LogP contribution in [-0.2, 0) is 9.05 Å². The van der Waals surface area contributed by atoms with E-state index >= 15 is 0 Å². The highest BCUT2D eigenvalue weighted by molar-refractivity contribution is 7.99. The third-order valence-corrected chi connectivity index (χ3v) is 7.95. The molecule has 0 radical (unpaired) electrons. The zero-order valence-corrected chi connectivity index (χ0v) is 19.8. The average Bonchev–Trinajstić information content (AvgIpc) is 2.72. The predicted octanol–water partition coefficient (Wildman–Crippen LogP) is 6.58. The summed E-state index contributed by atoms with van der Waals surface area (Å²) in [5, 5.41) is 8.88. The number of nitriles is 1. The van der Waals surface area contributed by atoms with Crippen molar-refractivity contribution in [2.45, 2.75) is 56.0 Å². The molecule has 2 aromatic carbocycles. The quantitative estimate of drug-likeness (QED) is 0.305. The summed E-state index contributed by atoms with van der Waals surface area (Å²) in [5.74, 6) is 0. The fourth-order valence-corrected chi connectivity index (χ4v) is 6.22. The van der Waals surface area contributed by atoms with E-state index in [-0.39, 0.29) is 0 Å². The molecule has 1 aliphatic heterocycles. The van der Waals surface area contributed by atoms with Crippen LogP contribution in [0.2, 0.25) is 0 Å². The lowest BCUT2D eigenvalue weighted by atomic mass is 10.2. The highest BCUT2D eigenvalue weighted by atomic mass is 32.2. The molecule has 1 aliphatic rings. The van der Waals surface area contributed by atoms with Crippen LogP contribution in [0.15, 0.2) is 58.3 Å². The lowest BCUT2D eigenvalue weighted by molar-refractivity contribution is 0.179. The van der Waals surface area contributed by atoms with Crippen LogP contribution in [0, 0.1) is 11.3 Å². The van der Waals surface area contributed by atoms with Crippen LogP contribution in [0.25, 0.3) is 0 Å². The monoisotopic (exact) mass is 443 g/mol. The lowest BCUT2D eigenvalue weighted by Crippen LogP contribution is -2.34. The Morgan fingerprint density at radius 2 is 1.47 bits per heavy atom. The highest BCUT2D eigenvalue weighted by Gasteiger charge is 2.28. The summed E-state index contributed by atoms with van der Waals surface area (Å²) in [4.78, 5) is 4.85. The highest BCUT2D eigenvalue weighted by Crippen LogP contribution is 2.49. The minimum Gasteiger partial charge on any atom is -0.337 e. The number of hydrogen-bond donors (Lipinski definition) is 0. The molecule has 1 heterocycles. The average molecular weight is 444 g/mol. The second-order valence-corrected chi connectivity index (χ2v) is 10.1. The minimum absolute atomic E-state index is 0.297. The molecule has 0 saturated heterocycles. The van der Waals surface area contributed by atoms with E-state index in [4.69, 9.17) is 14.3 Å². The Labute approximate surface area is 185 Å². The standard InChI is InChI=1S/C23H30N3O2PS/c1-18(2)26(19(3)4)29(27-16-9-14-24)28-17-15-25-20-10-5-7-12-22(20)30-23-13-8-6-11-21(23)25/h5-8,10-13,18-19H,9,15-17H2,1-4H3. The van der Waals surface area contributed by atoms with Gasteiger partial charge in [-0.2, -0.15) is 5.26 Å². The number of para-hydroxylation sites is 2. The van der Waals surface area contributed by atoms with Crippen molar-refractivity contribution in [1.29, 1.82) is 5.26 Å². The molecule has 2 aromatic rings. The van der Waals surface area contributed by atoms with Crippen LogP contribution in [0.3, 0.4) is 0 Å². The van der Waals surface area contributed by atoms with E-state index in [9.17, 15) is 0 Å². The van der Waals surface area contributed by atoms with Gasteiger partial charge >= 0.3 is 0 Å².